The van der Waals surface area contributed by atoms with Crippen molar-refractivity contribution in [3.05, 3.63) is 101 Å². The Morgan fingerprint density at radius 1 is 0.971 bits per heavy atom. The number of hydrogen-bond acceptors (Lipinski definition) is 3. The van der Waals surface area contributed by atoms with E-state index in [1.54, 1.807) is 31.4 Å². The summed E-state index contributed by atoms with van der Waals surface area (Å²) in [4.78, 5) is 0.269. The Kier molecular flexibility index (Phi) is 6.45. The molecule has 2 heterocycles. The number of fused-ring (bicyclic) bond motifs is 1. The van der Waals surface area contributed by atoms with Crippen LogP contribution in [0.3, 0.4) is 0 Å². The molecule has 7 heteroatoms. The number of ether oxygens (including phenoxy) is 1. The van der Waals surface area contributed by atoms with Gasteiger partial charge in [0.05, 0.1) is 12.0 Å². The van der Waals surface area contributed by atoms with Crippen molar-refractivity contribution in [1.82, 2.24) is 8.87 Å². The molecule has 5 nitrogen and oxygen atoms in total. The third-order valence-corrected chi connectivity index (χ3v) is 8.81. The molecule has 0 bridgehead atoms. The van der Waals surface area contributed by atoms with E-state index in [1.807, 2.05) is 12.1 Å². The van der Waals surface area contributed by atoms with E-state index < -0.39 is 10.0 Å². The van der Waals surface area contributed by atoms with Crippen LogP contribution in [0, 0.1) is 6.92 Å². The number of hydrogen-bond donors (Lipinski definition) is 0. The molecule has 0 saturated heterocycles. The predicted octanol–water partition coefficient (Wildman–Crippen LogP) is 6.14. The average Bonchev–Trinajstić information content (AvgIpc) is 3.16. The highest BCUT2D eigenvalue weighted by atomic mass is 35.5. The second kappa shape index (κ2) is 9.53. The average molecular weight is 507 g/mol. The number of para-hydroxylation sites is 1. The zero-order valence-corrected chi connectivity index (χ0v) is 21.3. The molecule has 5 rings (SSSR count). The molecule has 1 aliphatic rings. The van der Waals surface area contributed by atoms with E-state index in [1.165, 1.54) is 37.6 Å². The normalized spacial score (nSPS) is 14.8. The van der Waals surface area contributed by atoms with Crippen molar-refractivity contribution in [1.29, 1.82) is 0 Å². The van der Waals surface area contributed by atoms with Gasteiger partial charge in [-0.2, -0.15) is 4.31 Å². The molecule has 4 aromatic rings. The van der Waals surface area contributed by atoms with Crippen LogP contribution < -0.4 is 4.74 Å². The Hall–Kier alpha value is -3.06. The van der Waals surface area contributed by atoms with Crippen LogP contribution >= 0.6 is 11.6 Å². The lowest BCUT2D eigenvalue weighted by Crippen LogP contribution is -2.34. The Balaban J connectivity index is 1.47. The van der Waals surface area contributed by atoms with Crippen LogP contribution in [-0.2, 0) is 16.6 Å². The van der Waals surface area contributed by atoms with E-state index in [2.05, 4.69) is 54.0 Å². The second-order valence-electron chi connectivity index (χ2n) is 8.71. The van der Waals surface area contributed by atoms with Gasteiger partial charge >= 0.3 is 0 Å². The molecule has 0 amide bonds. The number of methoxy groups -OCH3 is 1. The summed E-state index contributed by atoms with van der Waals surface area (Å²) in [7, 11) is -1.89. The summed E-state index contributed by atoms with van der Waals surface area (Å²) in [6.07, 6.45) is 2.72. The van der Waals surface area contributed by atoms with Crippen LogP contribution in [0.15, 0.2) is 83.8 Å². The third kappa shape index (κ3) is 4.49. The minimum Gasteiger partial charge on any atom is -0.497 e. The van der Waals surface area contributed by atoms with Crippen molar-refractivity contribution in [2.45, 2.75) is 24.8 Å². The highest BCUT2D eigenvalue weighted by molar-refractivity contribution is 7.89. The van der Waals surface area contributed by atoms with Crippen LogP contribution in [0.25, 0.3) is 16.5 Å². The summed E-state index contributed by atoms with van der Waals surface area (Å²) in [5.74, 6) is 0.842. The van der Waals surface area contributed by atoms with Gasteiger partial charge in [0, 0.05) is 46.8 Å². The molecule has 0 spiro atoms. The molecular formula is C28H27ClN2O3S. The van der Waals surface area contributed by atoms with Crippen molar-refractivity contribution in [2.75, 3.05) is 20.2 Å². The number of benzene rings is 3. The number of aromatic nitrogens is 1. The van der Waals surface area contributed by atoms with Gasteiger partial charge in [-0.15, -0.1) is 0 Å². The highest BCUT2D eigenvalue weighted by Gasteiger charge is 2.28. The standard InChI is InChI=1S/C28H27ClN2O3S/c1-20-28(22-15-17-30(18-16-22)35(32,33)25-13-9-23(29)10-14-25)26-5-3-4-6-27(26)31(20)19-21-7-11-24(34-2)12-8-21/h3-15H,16-19H2,1-2H3. The molecule has 0 saturated carbocycles. The van der Waals surface area contributed by atoms with E-state index in [0.29, 0.717) is 24.5 Å². The molecule has 0 N–H and O–H groups in total. The van der Waals surface area contributed by atoms with Gasteiger partial charge < -0.3 is 9.30 Å². The molecule has 0 aliphatic carbocycles. The van der Waals surface area contributed by atoms with Crippen LogP contribution in [0.4, 0.5) is 0 Å². The summed E-state index contributed by atoms with van der Waals surface area (Å²) < 4.78 is 35.4. The van der Waals surface area contributed by atoms with Crippen LogP contribution in [0.1, 0.15) is 23.2 Å². The first-order chi connectivity index (χ1) is 16.9. The van der Waals surface area contributed by atoms with Gasteiger partial charge in [-0.1, -0.05) is 48.0 Å². The molecule has 0 unspecified atom stereocenters. The summed E-state index contributed by atoms with van der Waals surface area (Å²) in [6, 6.07) is 22.9. The van der Waals surface area contributed by atoms with Crippen molar-refractivity contribution in [3.63, 3.8) is 0 Å². The predicted molar refractivity (Wildman–Crippen MR) is 142 cm³/mol. The van der Waals surface area contributed by atoms with Gasteiger partial charge in [-0.3, -0.25) is 0 Å². The first-order valence-electron chi connectivity index (χ1n) is 11.5. The first kappa shape index (κ1) is 23.7. The maximum atomic E-state index is 13.1. The molecule has 180 valence electrons. The fraction of sp³-hybridized carbons (Fsp3) is 0.214. The molecular weight excluding hydrogens is 480 g/mol. The lowest BCUT2D eigenvalue weighted by Gasteiger charge is -2.26. The lowest BCUT2D eigenvalue weighted by molar-refractivity contribution is 0.414. The smallest absolute Gasteiger partial charge is 0.243 e. The second-order valence-corrected chi connectivity index (χ2v) is 11.1. The van der Waals surface area contributed by atoms with E-state index in [4.69, 9.17) is 16.3 Å². The van der Waals surface area contributed by atoms with E-state index in [9.17, 15) is 8.42 Å². The molecule has 35 heavy (non-hydrogen) atoms. The number of halogens is 1. The fourth-order valence-corrected chi connectivity index (χ4v) is 6.31. The first-order valence-corrected chi connectivity index (χ1v) is 13.4. The number of nitrogens with zero attached hydrogens (tertiary/aromatic N) is 2. The van der Waals surface area contributed by atoms with Gasteiger partial charge in [-0.05, 0) is 66.9 Å². The maximum absolute atomic E-state index is 13.1. The van der Waals surface area contributed by atoms with Gasteiger partial charge in [0.15, 0.2) is 0 Å². The topological polar surface area (TPSA) is 51.5 Å². The van der Waals surface area contributed by atoms with Gasteiger partial charge in [-0.25, -0.2) is 8.42 Å². The molecule has 0 atom stereocenters. The van der Waals surface area contributed by atoms with Gasteiger partial charge in [0.1, 0.15) is 5.75 Å². The van der Waals surface area contributed by atoms with Crippen molar-refractivity contribution in [3.8, 4) is 5.75 Å². The van der Waals surface area contributed by atoms with Gasteiger partial charge in [0.2, 0.25) is 10.0 Å². The van der Waals surface area contributed by atoms with E-state index >= 15 is 0 Å². The minimum absolute atomic E-state index is 0.269. The van der Waals surface area contributed by atoms with Crippen LogP contribution in [0.5, 0.6) is 5.75 Å². The van der Waals surface area contributed by atoms with Gasteiger partial charge in [0.25, 0.3) is 0 Å². The number of rotatable bonds is 6. The molecule has 1 aromatic heterocycles. The molecule has 0 radical (unpaired) electrons. The lowest BCUT2D eigenvalue weighted by atomic mass is 9.97. The highest BCUT2D eigenvalue weighted by Crippen LogP contribution is 2.36. The van der Waals surface area contributed by atoms with E-state index in [-0.39, 0.29) is 4.90 Å². The summed E-state index contributed by atoms with van der Waals surface area (Å²) in [5, 5.41) is 1.71. The zero-order chi connectivity index (χ0) is 24.6. The summed E-state index contributed by atoms with van der Waals surface area (Å²) in [5.41, 5.74) is 5.95. The monoisotopic (exact) mass is 506 g/mol. The summed E-state index contributed by atoms with van der Waals surface area (Å²) >= 11 is 5.94. The third-order valence-electron chi connectivity index (χ3n) is 6.67. The van der Waals surface area contributed by atoms with Crippen LogP contribution in [-0.4, -0.2) is 37.5 Å². The Morgan fingerprint density at radius 2 is 1.69 bits per heavy atom. The van der Waals surface area contributed by atoms with Crippen molar-refractivity contribution >= 4 is 38.1 Å². The largest absolute Gasteiger partial charge is 0.497 e. The van der Waals surface area contributed by atoms with Crippen molar-refractivity contribution < 1.29 is 13.2 Å². The molecule has 3 aromatic carbocycles. The SMILES string of the molecule is COc1ccc(Cn2c(C)c(C3=CCN(S(=O)(=O)c4ccc(Cl)cc4)CC3)c3ccccc32)cc1. The van der Waals surface area contributed by atoms with Crippen molar-refractivity contribution in [2.24, 2.45) is 0 Å². The molecule has 1 aliphatic heterocycles. The van der Waals surface area contributed by atoms with Crippen LogP contribution in [0.2, 0.25) is 5.02 Å². The quantitative estimate of drug-likeness (QED) is 0.315. The fourth-order valence-electron chi connectivity index (χ4n) is 4.81. The Morgan fingerprint density at radius 3 is 2.34 bits per heavy atom. The van der Waals surface area contributed by atoms with E-state index in [0.717, 1.165) is 12.3 Å². The zero-order valence-electron chi connectivity index (χ0n) is 19.7. The summed E-state index contributed by atoms with van der Waals surface area (Å²) in [6.45, 7) is 3.68. The maximum Gasteiger partial charge on any atom is 0.243 e. The number of sulfonamides is 1. The molecule has 0 fully saturated rings. The minimum atomic E-state index is -3.56. The Labute approximate surface area is 211 Å². The Bertz CT molecular complexity index is 1500.